The van der Waals surface area contributed by atoms with E-state index in [1.165, 1.54) is 5.01 Å². The second kappa shape index (κ2) is 10.8. The Bertz CT molecular complexity index is 613. The molecule has 126 valence electrons. The summed E-state index contributed by atoms with van der Waals surface area (Å²) in [6.45, 7) is 6.29. The van der Waals surface area contributed by atoms with Gasteiger partial charge in [0.25, 0.3) is 0 Å². The lowest BCUT2D eigenvalue weighted by Crippen LogP contribution is -2.36. The molecule has 0 atom stereocenters. The minimum atomic E-state index is 0. The molecule has 0 unspecified atom stereocenters. The molecule has 1 aromatic heterocycles. The van der Waals surface area contributed by atoms with Gasteiger partial charge >= 0.3 is 0 Å². The van der Waals surface area contributed by atoms with E-state index in [2.05, 4.69) is 39.8 Å². The number of hydrogen-bond donors (Lipinski definition) is 2. The summed E-state index contributed by atoms with van der Waals surface area (Å²) in [7, 11) is 0. The molecule has 0 radical (unpaired) electrons. The molecular weight excluding hydrogens is 443 g/mol. The van der Waals surface area contributed by atoms with Gasteiger partial charge in [0.2, 0.25) is 0 Å². The van der Waals surface area contributed by atoms with Gasteiger partial charge in [-0.1, -0.05) is 30.7 Å². The summed E-state index contributed by atoms with van der Waals surface area (Å²) < 4.78 is 0. The van der Waals surface area contributed by atoms with E-state index in [9.17, 15) is 0 Å². The Morgan fingerprint density at radius 1 is 1.22 bits per heavy atom. The van der Waals surface area contributed by atoms with Crippen LogP contribution < -0.4 is 10.6 Å². The van der Waals surface area contributed by atoms with Crippen molar-refractivity contribution >= 4 is 52.9 Å². The third kappa shape index (κ3) is 7.05. The molecule has 0 bridgehead atoms. The van der Waals surface area contributed by atoms with Gasteiger partial charge in [-0.3, -0.25) is 0 Å². The number of guanidine groups is 1. The highest BCUT2D eigenvalue weighted by molar-refractivity contribution is 14.0. The van der Waals surface area contributed by atoms with Crippen LogP contribution in [0.3, 0.4) is 0 Å². The molecule has 7 heteroatoms. The number of nitrogens with one attached hydrogen (secondary N) is 2. The number of hydrogen-bond acceptors (Lipinski definition) is 3. The fraction of sp³-hybridized carbons (Fsp3) is 0.375. The lowest BCUT2D eigenvalue weighted by atomic mass is 10.2. The highest BCUT2D eigenvalue weighted by Crippen LogP contribution is 2.11. The van der Waals surface area contributed by atoms with Gasteiger partial charge < -0.3 is 10.6 Å². The smallest absolute Gasteiger partial charge is 0.191 e. The van der Waals surface area contributed by atoms with Crippen LogP contribution in [0.15, 0.2) is 34.6 Å². The average Bonchev–Trinajstić information content (AvgIpc) is 3.00. The fourth-order valence-electron chi connectivity index (χ4n) is 1.87. The van der Waals surface area contributed by atoms with E-state index in [1.807, 2.05) is 24.3 Å². The Labute approximate surface area is 163 Å². The van der Waals surface area contributed by atoms with E-state index in [0.717, 1.165) is 35.2 Å². The summed E-state index contributed by atoms with van der Waals surface area (Å²) in [5.74, 6) is 0.795. The molecule has 4 nitrogen and oxygen atoms in total. The van der Waals surface area contributed by atoms with E-state index in [0.29, 0.717) is 13.1 Å². The normalized spacial score (nSPS) is 11.0. The van der Waals surface area contributed by atoms with Crippen LogP contribution in [0.4, 0.5) is 0 Å². The first-order valence-electron chi connectivity index (χ1n) is 7.41. The first-order valence-corrected chi connectivity index (χ1v) is 8.67. The predicted molar refractivity (Wildman–Crippen MR) is 110 cm³/mol. The van der Waals surface area contributed by atoms with Crippen molar-refractivity contribution in [3.05, 3.63) is 50.9 Å². The molecule has 0 aliphatic heterocycles. The number of halogens is 2. The second-order valence-electron chi connectivity index (χ2n) is 4.76. The van der Waals surface area contributed by atoms with Gasteiger partial charge in [0.15, 0.2) is 5.96 Å². The van der Waals surface area contributed by atoms with Crippen molar-refractivity contribution in [1.82, 2.24) is 15.6 Å². The number of rotatable bonds is 6. The lowest BCUT2D eigenvalue weighted by molar-refractivity contribution is 0.800. The second-order valence-corrected chi connectivity index (χ2v) is 6.14. The Balaban J connectivity index is 0.00000264. The summed E-state index contributed by atoms with van der Waals surface area (Å²) in [5, 5.41) is 10.6. The maximum absolute atomic E-state index is 5.89. The number of nitrogens with zero attached hydrogens (tertiary/aromatic N) is 2. The van der Waals surface area contributed by atoms with Gasteiger partial charge in [-0.15, -0.1) is 35.3 Å². The maximum Gasteiger partial charge on any atom is 0.191 e. The third-order valence-corrected chi connectivity index (χ3v) is 4.31. The SMILES string of the molecule is CCNC(=NCc1ccc(Cl)cc1)NCc1csc(CC)n1.I. The summed E-state index contributed by atoms with van der Waals surface area (Å²) >= 11 is 7.59. The molecule has 0 aliphatic rings. The van der Waals surface area contributed by atoms with E-state index in [4.69, 9.17) is 11.6 Å². The van der Waals surface area contributed by atoms with Crippen LogP contribution in [-0.4, -0.2) is 17.5 Å². The molecule has 2 N–H and O–H groups in total. The molecule has 0 spiro atoms. The minimum Gasteiger partial charge on any atom is -0.357 e. The topological polar surface area (TPSA) is 49.3 Å². The maximum atomic E-state index is 5.89. The van der Waals surface area contributed by atoms with E-state index >= 15 is 0 Å². The Morgan fingerprint density at radius 3 is 2.57 bits per heavy atom. The van der Waals surface area contributed by atoms with Crippen LogP contribution in [-0.2, 0) is 19.5 Å². The van der Waals surface area contributed by atoms with Crippen LogP contribution in [0.1, 0.15) is 30.1 Å². The molecule has 2 rings (SSSR count). The molecule has 1 heterocycles. The number of aliphatic imine (C=N–C) groups is 1. The third-order valence-electron chi connectivity index (χ3n) is 3.02. The van der Waals surface area contributed by atoms with Crippen molar-refractivity contribution in [3.63, 3.8) is 0 Å². The standard InChI is InChI=1S/C16H21ClN4S.HI/c1-3-15-21-14(11-22-15)10-20-16(18-4-2)19-9-12-5-7-13(17)8-6-12;/h5-8,11H,3-4,9-10H2,1-2H3,(H2,18,19,20);1H. The average molecular weight is 465 g/mol. The van der Waals surface area contributed by atoms with Gasteiger partial charge in [-0.05, 0) is 31.0 Å². The largest absolute Gasteiger partial charge is 0.357 e. The predicted octanol–water partition coefficient (Wildman–Crippen LogP) is 4.23. The van der Waals surface area contributed by atoms with Gasteiger partial charge in [0.1, 0.15) is 0 Å². The molecule has 0 saturated carbocycles. The van der Waals surface area contributed by atoms with Crippen molar-refractivity contribution in [2.24, 2.45) is 4.99 Å². The molecular formula is C16H22ClIN4S. The zero-order valence-electron chi connectivity index (χ0n) is 13.3. The summed E-state index contributed by atoms with van der Waals surface area (Å²) in [4.78, 5) is 9.13. The van der Waals surface area contributed by atoms with E-state index in [-0.39, 0.29) is 24.0 Å². The van der Waals surface area contributed by atoms with Gasteiger partial charge in [-0.25, -0.2) is 9.98 Å². The van der Waals surface area contributed by atoms with Crippen LogP contribution >= 0.6 is 46.9 Å². The van der Waals surface area contributed by atoms with E-state index < -0.39 is 0 Å². The highest BCUT2D eigenvalue weighted by atomic mass is 127. The van der Waals surface area contributed by atoms with Crippen LogP contribution in [0.25, 0.3) is 0 Å². The lowest BCUT2D eigenvalue weighted by Gasteiger charge is -2.10. The van der Waals surface area contributed by atoms with Crippen LogP contribution in [0.5, 0.6) is 0 Å². The Kier molecular flexibility index (Phi) is 9.50. The van der Waals surface area contributed by atoms with Crippen molar-refractivity contribution in [1.29, 1.82) is 0 Å². The quantitative estimate of drug-likeness (QED) is 0.382. The highest BCUT2D eigenvalue weighted by Gasteiger charge is 2.02. The molecule has 2 aromatic rings. The molecule has 0 saturated heterocycles. The van der Waals surface area contributed by atoms with Gasteiger partial charge in [-0.2, -0.15) is 0 Å². The number of benzene rings is 1. The van der Waals surface area contributed by atoms with E-state index in [1.54, 1.807) is 11.3 Å². The number of aromatic nitrogens is 1. The molecule has 0 fully saturated rings. The fourth-order valence-corrected chi connectivity index (χ4v) is 2.74. The number of thiazole rings is 1. The van der Waals surface area contributed by atoms with Crippen molar-refractivity contribution in [3.8, 4) is 0 Å². The van der Waals surface area contributed by atoms with Crippen molar-refractivity contribution < 1.29 is 0 Å². The zero-order chi connectivity index (χ0) is 15.8. The van der Waals surface area contributed by atoms with Crippen molar-refractivity contribution in [2.75, 3.05) is 6.54 Å². The first-order chi connectivity index (χ1) is 10.7. The molecule has 1 aromatic carbocycles. The van der Waals surface area contributed by atoms with Crippen LogP contribution in [0.2, 0.25) is 5.02 Å². The monoisotopic (exact) mass is 464 g/mol. The zero-order valence-corrected chi connectivity index (χ0v) is 17.2. The van der Waals surface area contributed by atoms with Crippen LogP contribution in [0, 0.1) is 0 Å². The Morgan fingerprint density at radius 2 is 1.96 bits per heavy atom. The summed E-state index contributed by atoms with van der Waals surface area (Å²) in [5.41, 5.74) is 2.18. The molecule has 23 heavy (non-hydrogen) atoms. The minimum absolute atomic E-state index is 0. The number of aryl methyl sites for hydroxylation is 1. The molecule has 0 amide bonds. The van der Waals surface area contributed by atoms with Gasteiger partial charge in [0, 0.05) is 16.9 Å². The molecule has 0 aliphatic carbocycles. The summed E-state index contributed by atoms with van der Waals surface area (Å²) in [6, 6.07) is 7.75. The van der Waals surface area contributed by atoms with Gasteiger partial charge in [0.05, 0.1) is 23.8 Å². The first kappa shape index (κ1) is 20.2. The summed E-state index contributed by atoms with van der Waals surface area (Å²) in [6.07, 6.45) is 0.982. The van der Waals surface area contributed by atoms with Crippen molar-refractivity contribution in [2.45, 2.75) is 33.4 Å². The Hall–Kier alpha value is -0.860.